The number of aromatic amines is 1. The highest BCUT2D eigenvalue weighted by molar-refractivity contribution is 6.35. The number of pyridine rings is 1. The number of H-pyrrole nitrogens is 1. The van der Waals surface area contributed by atoms with E-state index in [1.807, 2.05) is 56.3 Å². The molecule has 0 aliphatic heterocycles. The van der Waals surface area contributed by atoms with Gasteiger partial charge in [-0.25, -0.2) is 4.98 Å². The summed E-state index contributed by atoms with van der Waals surface area (Å²) in [4.78, 5) is 29.6. The van der Waals surface area contributed by atoms with Gasteiger partial charge in [-0.05, 0) is 42.5 Å². The summed E-state index contributed by atoms with van der Waals surface area (Å²) in [6.07, 6.45) is 2.23. The Balaban J connectivity index is 1.77. The van der Waals surface area contributed by atoms with Crippen LogP contribution in [-0.2, 0) is 0 Å². The summed E-state index contributed by atoms with van der Waals surface area (Å²) in [5.74, 6) is 0.644. The minimum Gasteiger partial charge on any atom is -0.368 e. The molecule has 166 valence electrons. The van der Waals surface area contributed by atoms with Crippen LogP contribution >= 0.6 is 11.6 Å². The van der Waals surface area contributed by atoms with Crippen molar-refractivity contribution in [3.05, 3.63) is 81.5 Å². The van der Waals surface area contributed by atoms with Crippen LogP contribution in [0.3, 0.4) is 0 Å². The van der Waals surface area contributed by atoms with E-state index in [2.05, 4.69) is 25.3 Å². The van der Waals surface area contributed by atoms with E-state index < -0.39 is 0 Å². The molecule has 0 saturated carbocycles. The number of benzene rings is 2. The molecule has 0 saturated heterocycles. The van der Waals surface area contributed by atoms with Crippen LogP contribution in [0.25, 0.3) is 27.6 Å². The molecule has 4 N–H and O–H groups in total. The van der Waals surface area contributed by atoms with E-state index >= 15 is 0 Å². The van der Waals surface area contributed by atoms with Crippen molar-refractivity contribution in [2.24, 2.45) is 0 Å². The van der Waals surface area contributed by atoms with Crippen molar-refractivity contribution in [3.8, 4) is 5.69 Å². The average molecular weight is 460 g/mol. The fourth-order valence-electron chi connectivity index (χ4n) is 4.16. The first-order valence-corrected chi connectivity index (χ1v) is 11.0. The zero-order valence-corrected chi connectivity index (χ0v) is 18.9. The van der Waals surface area contributed by atoms with Gasteiger partial charge in [0.15, 0.2) is 11.5 Å². The highest BCUT2D eigenvalue weighted by Crippen LogP contribution is 2.30. The van der Waals surface area contributed by atoms with Crippen LogP contribution < -0.4 is 16.6 Å². The standard InChI is InChI=1S/C24H22ClN7O/c1-3-16(29-22-20-21(28-12-27-20)30-24(26)31-22)18-11-14-8-6-9-15(25)19(14)23(33)32(18)17-10-5-4-7-13(17)2/h4-12,16H,3H2,1-2H3,(H4,26,27,28,29,30,31). The predicted molar refractivity (Wildman–Crippen MR) is 132 cm³/mol. The van der Waals surface area contributed by atoms with Crippen LogP contribution in [0, 0.1) is 6.92 Å². The smallest absolute Gasteiger partial charge is 0.264 e. The lowest BCUT2D eigenvalue weighted by atomic mass is 10.0. The Morgan fingerprint density at radius 2 is 2.00 bits per heavy atom. The Morgan fingerprint density at radius 1 is 1.18 bits per heavy atom. The van der Waals surface area contributed by atoms with E-state index in [1.54, 1.807) is 17.0 Å². The number of aryl methyl sites for hydroxylation is 1. The number of aromatic nitrogens is 5. The van der Waals surface area contributed by atoms with Gasteiger partial charge in [-0.2, -0.15) is 9.97 Å². The number of hydrogen-bond acceptors (Lipinski definition) is 6. The minimum atomic E-state index is -0.263. The number of hydrogen-bond donors (Lipinski definition) is 3. The third kappa shape index (κ3) is 3.58. The number of nitrogens with zero attached hydrogens (tertiary/aromatic N) is 4. The average Bonchev–Trinajstić information content (AvgIpc) is 3.26. The lowest BCUT2D eigenvalue weighted by Gasteiger charge is -2.24. The van der Waals surface area contributed by atoms with Crippen LogP contribution in [0.5, 0.6) is 0 Å². The Hall–Kier alpha value is -3.91. The Labute approximate surface area is 194 Å². The number of fused-ring (bicyclic) bond motifs is 2. The zero-order chi connectivity index (χ0) is 23.1. The number of anilines is 2. The molecule has 2 aromatic carbocycles. The van der Waals surface area contributed by atoms with Gasteiger partial charge in [0, 0.05) is 5.69 Å². The molecular formula is C24H22ClN7O. The number of para-hydroxylation sites is 1. The summed E-state index contributed by atoms with van der Waals surface area (Å²) in [5, 5.41) is 5.15. The lowest BCUT2D eigenvalue weighted by Crippen LogP contribution is -2.27. The molecule has 1 atom stereocenters. The molecule has 5 rings (SSSR count). The summed E-state index contributed by atoms with van der Waals surface area (Å²) in [7, 11) is 0. The van der Waals surface area contributed by atoms with Crippen molar-refractivity contribution in [1.29, 1.82) is 0 Å². The SMILES string of the molecule is CCC(Nc1nc(N)nc2nc[nH]c12)c1cc2cccc(Cl)c2c(=O)n1-c1ccccc1C. The lowest BCUT2D eigenvalue weighted by molar-refractivity contribution is 0.688. The van der Waals surface area contributed by atoms with E-state index in [1.165, 1.54) is 0 Å². The maximum Gasteiger partial charge on any atom is 0.264 e. The number of nitrogens with two attached hydrogens (primary N) is 1. The number of nitrogens with one attached hydrogen (secondary N) is 2. The zero-order valence-electron chi connectivity index (χ0n) is 18.1. The molecule has 3 aromatic heterocycles. The number of rotatable bonds is 5. The molecule has 9 heteroatoms. The first kappa shape index (κ1) is 21.0. The van der Waals surface area contributed by atoms with Crippen LogP contribution in [0.2, 0.25) is 5.02 Å². The quantitative estimate of drug-likeness (QED) is 0.349. The second-order valence-electron chi connectivity index (χ2n) is 7.84. The van der Waals surface area contributed by atoms with Gasteiger partial charge in [0.2, 0.25) is 5.95 Å². The van der Waals surface area contributed by atoms with E-state index in [0.717, 1.165) is 22.3 Å². The fourth-order valence-corrected chi connectivity index (χ4v) is 4.43. The molecule has 33 heavy (non-hydrogen) atoms. The molecule has 5 aromatic rings. The van der Waals surface area contributed by atoms with Crippen molar-refractivity contribution in [3.63, 3.8) is 0 Å². The van der Waals surface area contributed by atoms with Gasteiger partial charge < -0.3 is 16.0 Å². The number of nitrogen functional groups attached to an aromatic ring is 1. The molecule has 0 spiro atoms. The molecule has 0 aliphatic rings. The summed E-state index contributed by atoms with van der Waals surface area (Å²) in [6.45, 7) is 4.02. The van der Waals surface area contributed by atoms with Gasteiger partial charge in [0.05, 0.1) is 28.5 Å². The van der Waals surface area contributed by atoms with Crippen molar-refractivity contribution in [1.82, 2.24) is 24.5 Å². The topological polar surface area (TPSA) is 115 Å². The van der Waals surface area contributed by atoms with Gasteiger partial charge in [-0.15, -0.1) is 0 Å². The summed E-state index contributed by atoms with van der Waals surface area (Å²) < 4.78 is 1.74. The normalized spacial score (nSPS) is 12.3. The monoisotopic (exact) mass is 459 g/mol. The van der Waals surface area contributed by atoms with Crippen molar-refractivity contribution >= 4 is 45.3 Å². The molecule has 0 radical (unpaired) electrons. The molecule has 0 aliphatic carbocycles. The molecule has 0 fully saturated rings. The minimum absolute atomic E-state index is 0.119. The van der Waals surface area contributed by atoms with Crippen molar-refractivity contribution < 1.29 is 0 Å². The summed E-state index contributed by atoms with van der Waals surface area (Å²) in [6, 6.07) is 15.0. The Bertz CT molecular complexity index is 1560. The molecule has 0 amide bonds. The van der Waals surface area contributed by atoms with Crippen molar-refractivity contribution in [2.75, 3.05) is 11.1 Å². The molecule has 3 heterocycles. The molecule has 1 unspecified atom stereocenters. The van der Waals surface area contributed by atoms with E-state index in [0.29, 0.717) is 33.8 Å². The highest BCUT2D eigenvalue weighted by Gasteiger charge is 2.22. The highest BCUT2D eigenvalue weighted by atomic mass is 35.5. The van der Waals surface area contributed by atoms with Gasteiger partial charge >= 0.3 is 0 Å². The van der Waals surface area contributed by atoms with E-state index in [-0.39, 0.29) is 17.5 Å². The van der Waals surface area contributed by atoms with Gasteiger partial charge in [-0.1, -0.05) is 48.9 Å². The third-order valence-electron chi connectivity index (χ3n) is 5.76. The van der Waals surface area contributed by atoms with Crippen LogP contribution in [-0.4, -0.2) is 24.5 Å². The van der Waals surface area contributed by atoms with Gasteiger partial charge in [0.25, 0.3) is 5.56 Å². The Kier molecular flexibility index (Phi) is 5.22. The van der Waals surface area contributed by atoms with Gasteiger partial charge in [-0.3, -0.25) is 9.36 Å². The molecular weight excluding hydrogens is 438 g/mol. The molecule has 8 nitrogen and oxygen atoms in total. The summed E-state index contributed by atoms with van der Waals surface area (Å²) >= 11 is 6.46. The van der Waals surface area contributed by atoms with E-state index in [9.17, 15) is 4.79 Å². The largest absolute Gasteiger partial charge is 0.368 e. The number of imidazole rings is 1. The predicted octanol–water partition coefficient (Wildman–Crippen LogP) is 4.76. The maximum atomic E-state index is 13.8. The van der Waals surface area contributed by atoms with Crippen LogP contribution in [0.15, 0.2) is 59.7 Å². The maximum absolute atomic E-state index is 13.8. The fraction of sp³-hybridized carbons (Fsp3) is 0.167. The summed E-state index contributed by atoms with van der Waals surface area (Å²) in [5.41, 5.74) is 9.43. The Morgan fingerprint density at radius 3 is 2.79 bits per heavy atom. The molecule has 0 bridgehead atoms. The van der Waals surface area contributed by atoms with Gasteiger partial charge in [0.1, 0.15) is 5.52 Å². The van der Waals surface area contributed by atoms with Crippen molar-refractivity contribution in [2.45, 2.75) is 26.3 Å². The second-order valence-corrected chi connectivity index (χ2v) is 8.24. The van der Waals surface area contributed by atoms with Crippen LogP contribution in [0.1, 0.15) is 30.6 Å². The number of halogens is 1. The van der Waals surface area contributed by atoms with Crippen LogP contribution in [0.4, 0.5) is 11.8 Å². The third-order valence-corrected chi connectivity index (χ3v) is 6.07. The first-order valence-electron chi connectivity index (χ1n) is 10.6. The van der Waals surface area contributed by atoms with E-state index in [4.69, 9.17) is 17.3 Å². The first-order chi connectivity index (χ1) is 16.0. The second kappa shape index (κ2) is 8.22.